The summed E-state index contributed by atoms with van der Waals surface area (Å²) < 4.78 is 10.7. The first-order valence-electron chi connectivity index (χ1n) is 6.05. The Labute approximate surface area is 107 Å². The second-order valence-electron chi connectivity index (χ2n) is 4.16. The zero-order valence-electron chi connectivity index (χ0n) is 10.8. The van der Waals surface area contributed by atoms with Crippen LogP contribution in [0.5, 0.6) is 5.75 Å². The van der Waals surface area contributed by atoms with Crippen LogP contribution in [0.1, 0.15) is 19.0 Å². The number of benzene rings is 1. The molecule has 18 heavy (non-hydrogen) atoms. The van der Waals surface area contributed by atoms with Crippen LogP contribution < -0.4 is 10.5 Å². The Hall–Kier alpha value is -1.81. The average Bonchev–Trinajstić information content (AvgIpc) is 2.37. The molecule has 0 atom stereocenters. The van der Waals surface area contributed by atoms with Gasteiger partial charge in [-0.2, -0.15) is 0 Å². The molecular formula is C14H18N2O2. The lowest BCUT2D eigenvalue weighted by molar-refractivity contribution is 0.182. The van der Waals surface area contributed by atoms with Crippen LogP contribution in [0.15, 0.2) is 24.3 Å². The molecule has 0 aliphatic rings. The summed E-state index contributed by atoms with van der Waals surface area (Å²) in [5.41, 5.74) is 8.44. The Morgan fingerprint density at radius 3 is 2.83 bits per heavy atom. The maximum absolute atomic E-state index is 6.03. The van der Waals surface area contributed by atoms with Gasteiger partial charge in [-0.15, -0.1) is 0 Å². The van der Waals surface area contributed by atoms with Gasteiger partial charge in [0.1, 0.15) is 5.75 Å². The van der Waals surface area contributed by atoms with Crippen molar-refractivity contribution in [2.75, 3.05) is 19.5 Å². The van der Waals surface area contributed by atoms with Crippen molar-refractivity contribution >= 4 is 16.6 Å². The SMILES string of the molecule is CCCOc1ccc2nc(COC)cc(N)c2c1. The minimum Gasteiger partial charge on any atom is -0.494 e. The number of fused-ring (bicyclic) bond motifs is 1. The van der Waals surface area contributed by atoms with Crippen LogP contribution in [0.4, 0.5) is 5.69 Å². The van der Waals surface area contributed by atoms with Gasteiger partial charge in [-0.25, -0.2) is 0 Å². The van der Waals surface area contributed by atoms with Gasteiger partial charge in [-0.05, 0) is 30.7 Å². The largest absolute Gasteiger partial charge is 0.494 e. The van der Waals surface area contributed by atoms with E-state index >= 15 is 0 Å². The third-order valence-corrected chi connectivity index (χ3v) is 2.63. The quantitative estimate of drug-likeness (QED) is 0.881. The van der Waals surface area contributed by atoms with Crippen LogP contribution in [-0.2, 0) is 11.3 Å². The average molecular weight is 246 g/mol. The van der Waals surface area contributed by atoms with Gasteiger partial charge < -0.3 is 15.2 Å². The standard InChI is InChI=1S/C14H18N2O2/c1-3-6-18-11-4-5-14-12(8-11)13(15)7-10(16-14)9-17-2/h4-5,7-8H,3,6,9H2,1-2H3,(H2,15,16). The summed E-state index contributed by atoms with van der Waals surface area (Å²) in [5.74, 6) is 0.831. The Morgan fingerprint density at radius 1 is 1.28 bits per heavy atom. The molecule has 2 N–H and O–H groups in total. The number of nitrogens with zero attached hydrogens (tertiary/aromatic N) is 1. The smallest absolute Gasteiger partial charge is 0.120 e. The number of nitrogen functional groups attached to an aromatic ring is 1. The van der Waals surface area contributed by atoms with Gasteiger partial charge in [0.25, 0.3) is 0 Å². The van der Waals surface area contributed by atoms with Gasteiger partial charge >= 0.3 is 0 Å². The van der Waals surface area contributed by atoms with Crippen LogP contribution in [0.25, 0.3) is 10.9 Å². The second-order valence-corrected chi connectivity index (χ2v) is 4.16. The topological polar surface area (TPSA) is 57.4 Å². The fourth-order valence-electron chi connectivity index (χ4n) is 1.82. The molecule has 1 aromatic heterocycles. The van der Waals surface area contributed by atoms with Crippen molar-refractivity contribution in [3.63, 3.8) is 0 Å². The number of ether oxygens (including phenoxy) is 2. The number of methoxy groups -OCH3 is 1. The lowest BCUT2D eigenvalue weighted by atomic mass is 10.1. The fourth-order valence-corrected chi connectivity index (χ4v) is 1.82. The molecule has 2 aromatic rings. The van der Waals surface area contributed by atoms with Crippen LogP contribution in [-0.4, -0.2) is 18.7 Å². The van der Waals surface area contributed by atoms with Gasteiger partial charge in [-0.1, -0.05) is 6.92 Å². The zero-order valence-corrected chi connectivity index (χ0v) is 10.8. The first kappa shape index (κ1) is 12.6. The molecule has 0 unspecified atom stereocenters. The van der Waals surface area contributed by atoms with Crippen molar-refractivity contribution < 1.29 is 9.47 Å². The van der Waals surface area contributed by atoms with Crippen molar-refractivity contribution in [1.29, 1.82) is 0 Å². The molecule has 4 heteroatoms. The normalized spacial score (nSPS) is 10.8. The molecule has 0 bridgehead atoms. The van der Waals surface area contributed by atoms with E-state index in [0.29, 0.717) is 18.9 Å². The molecule has 0 amide bonds. The molecule has 4 nitrogen and oxygen atoms in total. The van der Waals surface area contributed by atoms with Crippen LogP contribution in [0.3, 0.4) is 0 Å². The van der Waals surface area contributed by atoms with E-state index in [1.807, 2.05) is 24.3 Å². The van der Waals surface area contributed by atoms with Crippen molar-refractivity contribution in [1.82, 2.24) is 4.98 Å². The number of hydrogen-bond acceptors (Lipinski definition) is 4. The highest BCUT2D eigenvalue weighted by Gasteiger charge is 2.05. The van der Waals surface area contributed by atoms with Crippen molar-refractivity contribution in [3.8, 4) is 5.75 Å². The Balaban J connectivity index is 2.38. The molecule has 1 aromatic carbocycles. The highest BCUT2D eigenvalue weighted by atomic mass is 16.5. The monoisotopic (exact) mass is 246 g/mol. The molecule has 0 spiro atoms. The highest BCUT2D eigenvalue weighted by molar-refractivity contribution is 5.91. The van der Waals surface area contributed by atoms with Gasteiger partial charge in [0.2, 0.25) is 0 Å². The first-order valence-corrected chi connectivity index (χ1v) is 6.05. The fraction of sp³-hybridized carbons (Fsp3) is 0.357. The number of hydrogen-bond donors (Lipinski definition) is 1. The lowest BCUT2D eigenvalue weighted by Gasteiger charge is -2.09. The van der Waals surface area contributed by atoms with E-state index in [9.17, 15) is 0 Å². The molecule has 0 aliphatic heterocycles. The number of rotatable bonds is 5. The van der Waals surface area contributed by atoms with E-state index in [2.05, 4.69) is 11.9 Å². The van der Waals surface area contributed by atoms with E-state index in [-0.39, 0.29) is 0 Å². The van der Waals surface area contributed by atoms with E-state index in [1.165, 1.54) is 0 Å². The van der Waals surface area contributed by atoms with Crippen LogP contribution in [0, 0.1) is 0 Å². The number of anilines is 1. The molecule has 96 valence electrons. The first-order chi connectivity index (χ1) is 8.74. The summed E-state index contributed by atoms with van der Waals surface area (Å²) in [6, 6.07) is 7.62. The van der Waals surface area contributed by atoms with Crippen LogP contribution in [0.2, 0.25) is 0 Å². The Bertz CT molecular complexity index is 541. The molecular weight excluding hydrogens is 228 g/mol. The number of aromatic nitrogens is 1. The molecule has 0 fully saturated rings. The predicted molar refractivity (Wildman–Crippen MR) is 72.7 cm³/mol. The number of nitrogens with two attached hydrogens (primary N) is 1. The van der Waals surface area contributed by atoms with Crippen molar-refractivity contribution in [2.45, 2.75) is 20.0 Å². The third-order valence-electron chi connectivity index (χ3n) is 2.63. The zero-order chi connectivity index (χ0) is 13.0. The summed E-state index contributed by atoms with van der Waals surface area (Å²) in [7, 11) is 1.64. The number of pyridine rings is 1. The molecule has 0 saturated carbocycles. The third kappa shape index (κ3) is 2.71. The maximum atomic E-state index is 6.03. The Morgan fingerprint density at radius 2 is 2.11 bits per heavy atom. The summed E-state index contributed by atoms with van der Waals surface area (Å²) >= 11 is 0. The summed E-state index contributed by atoms with van der Waals surface area (Å²) in [6.07, 6.45) is 0.985. The maximum Gasteiger partial charge on any atom is 0.120 e. The second kappa shape index (κ2) is 5.69. The van der Waals surface area contributed by atoms with Crippen molar-refractivity contribution in [3.05, 3.63) is 30.0 Å². The van der Waals surface area contributed by atoms with Gasteiger partial charge in [0.05, 0.1) is 24.4 Å². The Kier molecular flexibility index (Phi) is 3.99. The minimum atomic E-state index is 0.466. The van der Waals surface area contributed by atoms with Gasteiger partial charge in [0, 0.05) is 18.2 Å². The van der Waals surface area contributed by atoms with E-state index in [1.54, 1.807) is 7.11 Å². The van der Waals surface area contributed by atoms with E-state index in [0.717, 1.165) is 28.8 Å². The predicted octanol–water partition coefficient (Wildman–Crippen LogP) is 2.75. The molecule has 0 saturated heterocycles. The summed E-state index contributed by atoms with van der Waals surface area (Å²) in [4.78, 5) is 4.49. The van der Waals surface area contributed by atoms with E-state index < -0.39 is 0 Å². The van der Waals surface area contributed by atoms with E-state index in [4.69, 9.17) is 15.2 Å². The summed E-state index contributed by atoms with van der Waals surface area (Å²) in [5, 5.41) is 0.920. The van der Waals surface area contributed by atoms with Gasteiger partial charge in [0.15, 0.2) is 0 Å². The minimum absolute atomic E-state index is 0.466. The van der Waals surface area contributed by atoms with Crippen LogP contribution >= 0.6 is 0 Å². The highest BCUT2D eigenvalue weighted by Crippen LogP contribution is 2.25. The summed E-state index contributed by atoms with van der Waals surface area (Å²) in [6.45, 7) is 3.25. The molecule has 0 radical (unpaired) electrons. The van der Waals surface area contributed by atoms with Crippen molar-refractivity contribution in [2.24, 2.45) is 0 Å². The molecule has 2 rings (SSSR count). The molecule has 1 heterocycles. The lowest BCUT2D eigenvalue weighted by Crippen LogP contribution is -1.99. The van der Waals surface area contributed by atoms with Gasteiger partial charge in [-0.3, -0.25) is 4.98 Å². The molecule has 0 aliphatic carbocycles.